The van der Waals surface area contributed by atoms with Crippen LogP contribution in [0.2, 0.25) is 0 Å². The van der Waals surface area contributed by atoms with Gasteiger partial charge in [0.15, 0.2) is 17.3 Å². The number of carbonyl (C=O) groups excluding carboxylic acids is 3. The van der Waals surface area contributed by atoms with Crippen molar-refractivity contribution in [1.82, 2.24) is 10.2 Å². The van der Waals surface area contributed by atoms with E-state index in [1.807, 2.05) is 48.5 Å². The summed E-state index contributed by atoms with van der Waals surface area (Å²) in [4.78, 5) is 40.3. The van der Waals surface area contributed by atoms with E-state index in [4.69, 9.17) is 26.7 Å². The summed E-state index contributed by atoms with van der Waals surface area (Å²) in [6.07, 6.45) is 1.56. The Morgan fingerprint density at radius 3 is 2.26 bits per heavy atom. The number of ether oxygens (including phenoxy) is 2. The Hall–Kier alpha value is -3.47. The van der Waals surface area contributed by atoms with Crippen LogP contribution < -0.4 is 32.0 Å². The molecule has 2 amide bonds. The SMILES string of the molecule is NCCN(CCN)C(=O)C[C@H](N)C(=O)N[C@@H](CCc1ccccc1)C(=O)CCc1ccc2c(c1)OCCO2. The number of fused-ring (bicyclic) bond motifs is 1. The summed E-state index contributed by atoms with van der Waals surface area (Å²) in [6, 6.07) is 13.6. The monoisotopic (exact) mass is 525 g/mol. The molecule has 0 saturated carbocycles. The Balaban J connectivity index is 1.62. The lowest BCUT2D eigenvalue weighted by Gasteiger charge is -2.24. The van der Waals surface area contributed by atoms with Gasteiger partial charge in [0.2, 0.25) is 11.8 Å². The van der Waals surface area contributed by atoms with Crippen molar-refractivity contribution >= 4 is 17.6 Å². The topological polar surface area (TPSA) is 163 Å². The summed E-state index contributed by atoms with van der Waals surface area (Å²) >= 11 is 0. The largest absolute Gasteiger partial charge is 0.486 e. The fourth-order valence-electron chi connectivity index (χ4n) is 4.32. The molecule has 1 aliphatic heterocycles. The molecule has 7 N–H and O–H groups in total. The van der Waals surface area contributed by atoms with Crippen molar-refractivity contribution in [2.75, 3.05) is 39.4 Å². The molecular formula is C28H39N5O5. The first-order valence-corrected chi connectivity index (χ1v) is 13.1. The molecule has 1 heterocycles. The Morgan fingerprint density at radius 2 is 1.58 bits per heavy atom. The van der Waals surface area contributed by atoms with E-state index >= 15 is 0 Å². The zero-order chi connectivity index (χ0) is 27.3. The minimum atomic E-state index is -1.09. The van der Waals surface area contributed by atoms with Crippen LogP contribution in [-0.4, -0.2) is 74.0 Å². The molecule has 2 aromatic carbocycles. The van der Waals surface area contributed by atoms with Gasteiger partial charge in [-0.05, 0) is 42.5 Å². The lowest BCUT2D eigenvalue weighted by molar-refractivity contribution is -0.135. The van der Waals surface area contributed by atoms with E-state index in [2.05, 4.69) is 5.32 Å². The second-order valence-corrected chi connectivity index (χ2v) is 9.30. The molecule has 206 valence electrons. The van der Waals surface area contributed by atoms with Gasteiger partial charge in [0.05, 0.1) is 18.5 Å². The molecule has 10 nitrogen and oxygen atoms in total. The molecule has 10 heteroatoms. The van der Waals surface area contributed by atoms with Crippen LogP contribution in [0.4, 0.5) is 0 Å². The van der Waals surface area contributed by atoms with Crippen molar-refractivity contribution in [2.45, 2.75) is 44.2 Å². The third kappa shape index (κ3) is 8.83. The molecule has 0 aliphatic carbocycles. The van der Waals surface area contributed by atoms with Gasteiger partial charge < -0.3 is 36.9 Å². The van der Waals surface area contributed by atoms with Crippen LogP contribution in [0.1, 0.15) is 30.4 Å². The second kappa shape index (κ2) is 15.1. The first kappa shape index (κ1) is 29.1. The van der Waals surface area contributed by atoms with Crippen molar-refractivity contribution in [3.8, 4) is 11.5 Å². The highest BCUT2D eigenvalue weighted by Gasteiger charge is 2.26. The van der Waals surface area contributed by atoms with Gasteiger partial charge in [-0.1, -0.05) is 36.4 Å². The highest BCUT2D eigenvalue weighted by atomic mass is 16.6. The molecule has 3 rings (SSSR count). The van der Waals surface area contributed by atoms with E-state index in [-0.39, 0.29) is 37.6 Å². The summed E-state index contributed by atoms with van der Waals surface area (Å²) < 4.78 is 11.2. The van der Waals surface area contributed by atoms with Crippen molar-refractivity contribution in [3.05, 3.63) is 59.7 Å². The van der Waals surface area contributed by atoms with Gasteiger partial charge >= 0.3 is 0 Å². The zero-order valence-electron chi connectivity index (χ0n) is 21.8. The fourth-order valence-corrected chi connectivity index (χ4v) is 4.32. The van der Waals surface area contributed by atoms with Gasteiger partial charge in [0, 0.05) is 32.6 Å². The number of aryl methyl sites for hydroxylation is 2. The van der Waals surface area contributed by atoms with Gasteiger partial charge in [-0.2, -0.15) is 0 Å². The molecule has 2 atom stereocenters. The molecule has 2 aromatic rings. The highest BCUT2D eigenvalue weighted by molar-refractivity contribution is 5.93. The van der Waals surface area contributed by atoms with Crippen molar-refractivity contribution in [1.29, 1.82) is 0 Å². The maximum Gasteiger partial charge on any atom is 0.238 e. The Labute approximate surface area is 223 Å². The van der Waals surface area contributed by atoms with Crippen molar-refractivity contribution in [3.63, 3.8) is 0 Å². The second-order valence-electron chi connectivity index (χ2n) is 9.30. The third-order valence-corrected chi connectivity index (χ3v) is 6.42. The summed E-state index contributed by atoms with van der Waals surface area (Å²) in [7, 11) is 0. The van der Waals surface area contributed by atoms with Crippen LogP contribution in [0.25, 0.3) is 0 Å². The first-order chi connectivity index (χ1) is 18.4. The number of amides is 2. The predicted octanol–water partition coefficient (Wildman–Crippen LogP) is 0.541. The number of nitrogens with one attached hydrogen (secondary N) is 1. The molecule has 0 saturated heterocycles. The molecule has 0 unspecified atom stereocenters. The number of Topliss-reactive ketones (excluding diaryl/α,β-unsaturated/α-hetero) is 1. The minimum absolute atomic E-state index is 0.101. The van der Waals surface area contributed by atoms with Gasteiger partial charge in [-0.15, -0.1) is 0 Å². The first-order valence-electron chi connectivity index (χ1n) is 13.1. The van der Waals surface area contributed by atoms with E-state index in [1.54, 1.807) is 0 Å². The van der Waals surface area contributed by atoms with Crippen LogP contribution in [0.5, 0.6) is 11.5 Å². The summed E-state index contributed by atoms with van der Waals surface area (Å²) in [5.41, 5.74) is 19.2. The maximum absolute atomic E-state index is 13.3. The highest BCUT2D eigenvalue weighted by Crippen LogP contribution is 2.31. The molecule has 0 bridgehead atoms. The van der Waals surface area contributed by atoms with Crippen molar-refractivity contribution in [2.24, 2.45) is 17.2 Å². The number of benzene rings is 2. The Kier molecular flexibility index (Phi) is 11.5. The quantitative estimate of drug-likeness (QED) is 0.262. The normalized spacial score (nSPS) is 13.9. The lowest BCUT2D eigenvalue weighted by atomic mass is 9.97. The van der Waals surface area contributed by atoms with E-state index < -0.39 is 18.0 Å². The minimum Gasteiger partial charge on any atom is -0.486 e. The maximum atomic E-state index is 13.3. The van der Waals surface area contributed by atoms with Gasteiger partial charge in [0.1, 0.15) is 13.2 Å². The average Bonchev–Trinajstić information content (AvgIpc) is 2.94. The summed E-state index contributed by atoms with van der Waals surface area (Å²) in [5.74, 6) is 0.429. The lowest BCUT2D eigenvalue weighted by Crippen LogP contribution is -2.51. The van der Waals surface area contributed by atoms with Crippen LogP contribution in [-0.2, 0) is 27.2 Å². The number of hydrogen-bond donors (Lipinski definition) is 4. The Morgan fingerprint density at radius 1 is 0.895 bits per heavy atom. The van der Waals surface area contributed by atoms with Crippen LogP contribution in [0.3, 0.4) is 0 Å². The number of nitrogens with two attached hydrogens (primary N) is 3. The standard InChI is InChI=1S/C28H39N5O5/c29-12-14-33(15-13-30)27(35)19-22(31)28(36)32-23(9-6-20-4-2-1-3-5-20)24(34)10-7-21-8-11-25-26(18-21)38-17-16-37-25/h1-5,8,11,18,22-23H,6-7,9-10,12-17,19,29-31H2,(H,32,36)/t22-,23-/m0/s1. The Bertz CT molecular complexity index is 1060. The molecular weight excluding hydrogens is 486 g/mol. The van der Waals surface area contributed by atoms with E-state index in [0.717, 1.165) is 11.1 Å². The molecule has 0 aromatic heterocycles. The smallest absolute Gasteiger partial charge is 0.238 e. The number of ketones is 1. The average molecular weight is 526 g/mol. The number of carbonyl (C=O) groups is 3. The third-order valence-electron chi connectivity index (χ3n) is 6.42. The summed E-state index contributed by atoms with van der Waals surface area (Å²) in [5, 5.41) is 2.80. The molecule has 0 radical (unpaired) electrons. The van der Waals surface area contributed by atoms with E-state index in [1.165, 1.54) is 4.90 Å². The van der Waals surface area contributed by atoms with Crippen LogP contribution in [0.15, 0.2) is 48.5 Å². The van der Waals surface area contributed by atoms with Gasteiger partial charge in [0.25, 0.3) is 0 Å². The number of nitrogens with zero attached hydrogens (tertiary/aromatic N) is 1. The van der Waals surface area contributed by atoms with Crippen molar-refractivity contribution < 1.29 is 23.9 Å². The van der Waals surface area contributed by atoms with Crippen LogP contribution in [0, 0.1) is 0 Å². The summed E-state index contributed by atoms with van der Waals surface area (Å²) in [6.45, 7) is 2.24. The molecule has 0 spiro atoms. The predicted molar refractivity (Wildman–Crippen MR) is 145 cm³/mol. The van der Waals surface area contributed by atoms with Gasteiger partial charge in [-0.3, -0.25) is 14.4 Å². The fraction of sp³-hybridized carbons (Fsp3) is 0.464. The molecule has 38 heavy (non-hydrogen) atoms. The van der Waals surface area contributed by atoms with E-state index in [9.17, 15) is 14.4 Å². The number of rotatable bonds is 15. The van der Waals surface area contributed by atoms with Gasteiger partial charge in [-0.25, -0.2) is 0 Å². The zero-order valence-corrected chi connectivity index (χ0v) is 21.8. The number of hydrogen-bond acceptors (Lipinski definition) is 8. The molecule has 1 aliphatic rings. The molecule has 0 fully saturated rings. The van der Waals surface area contributed by atoms with E-state index in [0.29, 0.717) is 57.1 Å². The van der Waals surface area contributed by atoms with Crippen LogP contribution >= 0.6 is 0 Å².